The molecule has 0 heterocycles. The predicted octanol–water partition coefficient (Wildman–Crippen LogP) is 1.98. The molecule has 0 aromatic rings. The van der Waals surface area contributed by atoms with E-state index in [2.05, 4.69) is 44.8 Å². The van der Waals surface area contributed by atoms with Crippen LogP contribution in [0, 0.1) is 5.92 Å². The molecule has 3 heteroatoms. The van der Waals surface area contributed by atoms with Crippen molar-refractivity contribution in [3.8, 4) is 0 Å². The molecule has 0 radical (unpaired) electrons. The maximum atomic E-state index is 5.15. The zero-order chi connectivity index (χ0) is 12.6. The van der Waals surface area contributed by atoms with Gasteiger partial charge in [0.05, 0.1) is 6.61 Å². The molecule has 0 saturated heterocycles. The lowest BCUT2D eigenvalue weighted by atomic mass is 10.2. The monoisotopic (exact) mass is 230 g/mol. The van der Waals surface area contributed by atoms with Gasteiger partial charge in [-0.05, 0) is 33.2 Å². The van der Waals surface area contributed by atoms with Crippen molar-refractivity contribution in [2.24, 2.45) is 5.92 Å². The highest BCUT2D eigenvalue weighted by atomic mass is 16.5. The first kappa shape index (κ1) is 15.9. The fourth-order valence-electron chi connectivity index (χ4n) is 1.88. The van der Waals surface area contributed by atoms with E-state index in [1.165, 1.54) is 0 Å². The van der Waals surface area contributed by atoms with E-state index in [9.17, 15) is 0 Å². The van der Waals surface area contributed by atoms with Gasteiger partial charge in [0.2, 0.25) is 0 Å². The summed E-state index contributed by atoms with van der Waals surface area (Å²) < 4.78 is 5.15. The molecule has 3 nitrogen and oxygen atoms in total. The number of methoxy groups -OCH3 is 1. The third-order valence-corrected chi connectivity index (χ3v) is 2.78. The maximum absolute atomic E-state index is 5.15. The average Bonchev–Trinajstić information content (AvgIpc) is 2.17. The van der Waals surface area contributed by atoms with E-state index in [-0.39, 0.29) is 0 Å². The third-order valence-electron chi connectivity index (χ3n) is 2.78. The molecular weight excluding hydrogens is 200 g/mol. The van der Waals surface area contributed by atoms with Gasteiger partial charge in [0.15, 0.2) is 0 Å². The van der Waals surface area contributed by atoms with Crippen LogP contribution in [0.1, 0.15) is 34.6 Å². The fourth-order valence-corrected chi connectivity index (χ4v) is 1.88. The van der Waals surface area contributed by atoms with Crippen molar-refractivity contribution in [2.75, 3.05) is 33.4 Å². The quantitative estimate of drug-likeness (QED) is 0.655. The molecule has 0 aliphatic carbocycles. The molecule has 0 aliphatic rings. The van der Waals surface area contributed by atoms with Gasteiger partial charge >= 0.3 is 0 Å². The van der Waals surface area contributed by atoms with Crippen LogP contribution in [0.4, 0.5) is 0 Å². The van der Waals surface area contributed by atoms with Crippen LogP contribution in [-0.2, 0) is 4.74 Å². The summed E-state index contributed by atoms with van der Waals surface area (Å²) in [6.45, 7) is 15.2. The summed E-state index contributed by atoms with van der Waals surface area (Å²) in [6, 6.07) is 1.14. The summed E-state index contributed by atoms with van der Waals surface area (Å²) >= 11 is 0. The molecule has 1 N–H and O–H groups in total. The summed E-state index contributed by atoms with van der Waals surface area (Å²) in [5.41, 5.74) is 0. The Morgan fingerprint density at radius 3 is 2.12 bits per heavy atom. The van der Waals surface area contributed by atoms with Gasteiger partial charge in [0.25, 0.3) is 0 Å². The van der Waals surface area contributed by atoms with Gasteiger partial charge < -0.3 is 10.1 Å². The third kappa shape index (κ3) is 7.20. The molecule has 0 aromatic heterocycles. The predicted molar refractivity (Wildman–Crippen MR) is 70.9 cm³/mol. The van der Waals surface area contributed by atoms with Crippen LogP contribution in [0.3, 0.4) is 0 Å². The van der Waals surface area contributed by atoms with Crippen LogP contribution in [0.5, 0.6) is 0 Å². The Kier molecular flexibility index (Phi) is 8.90. The molecule has 16 heavy (non-hydrogen) atoms. The maximum Gasteiger partial charge on any atom is 0.0589 e. The normalized spacial score (nSPS) is 14.1. The molecule has 0 rings (SSSR count). The minimum absolute atomic E-state index is 0.564. The smallest absolute Gasteiger partial charge is 0.0589 e. The molecule has 0 fully saturated rings. The van der Waals surface area contributed by atoms with Crippen LogP contribution < -0.4 is 5.32 Å². The second-order valence-corrected chi connectivity index (χ2v) is 5.23. The highest BCUT2D eigenvalue weighted by molar-refractivity contribution is 4.73. The van der Waals surface area contributed by atoms with Crippen molar-refractivity contribution in [3.63, 3.8) is 0 Å². The molecule has 0 bridgehead atoms. The van der Waals surface area contributed by atoms with Crippen molar-refractivity contribution >= 4 is 0 Å². The van der Waals surface area contributed by atoms with E-state index in [0.717, 1.165) is 32.2 Å². The van der Waals surface area contributed by atoms with E-state index < -0.39 is 0 Å². The zero-order valence-electron chi connectivity index (χ0n) is 11.9. The highest BCUT2D eigenvalue weighted by Gasteiger charge is 2.16. The minimum Gasteiger partial charge on any atom is -0.383 e. The van der Waals surface area contributed by atoms with Crippen molar-refractivity contribution < 1.29 is 4.74 Å². The van der Waals surface area contributed by atoms with Gasteiger partial charge in [-0.15, -0.1) is 0 Å². The Hall–Kier alpha value is -0.120. The first-order valence-corrected chi connectivity index (χ1v) is 6.44. The van der Waals surface area contributed by atoms with Crippen LogP contribution in [0.15, 0.2) is 0 Å². The Morgan fingerprint density at radius 2 is 1.69 bits per heavy atom. The van der Waals surface area contributed by atoms with Crippen LogP contribution in [0.25, 0.3) is 0 Å². The molecule has 0 spiro atoms. The zero-order valence-corrected chi connectivity index (χ0v) is 11.9. The van der Waals surface area contributed by atoms with Gasteiger partial charge in [0.1, 0.15) is 0 Å². The number of nitrogens with zero attached hydrogens (tertiary/aromatic N) is 1. The van der Waals surface area contributed by atoms with Gasteiger partial charge in [-0.3, -0.25) is 4.90 Å². The minimum atomic E-state index is 0.564. The molecule has 1 unspecified atom stereocenters. The molecule has 0 saturated carbocycles. The van der Waals surface area contributed by atoms with Gasteiger partial charge in [-0.25, -0.2) is 0 Å². The Balaban J connectivity index is 3.91. The molecule has 0 amide bonds. The Bertz CT molecular complexity index is 160. The second-order valence-electron chi connectivity index (χ2n) is 5.23. The number of ether oxygens (including phenoxy) is 1. The average molecular weight is 230 g/mol. The summed E-state index contributed by atoms with van der Waals surface area (Å²) in [7, 11) is 1.76. The van der Waals surface area contributed by atoms with Crippen LogP contribution in [-0.4, -0.2) is 50.3 Å². The Labute approximate surface area is 102 Å². The number of hydrogen-bond acceptors (Lipinski definition) is 3. The summed E-state index contributed by atoms with van der Waals surface area (Å²) in [6.07, 6.45) is 0. The lowest BCUT2D eigenvalue weighted by Gasteiger charge is -2.32. The van der Waals surface area contributed by atoms with Crippen molar-refractivity contribution in [1.82, 2.24) is 10.2 Å². The standard InChI is InChI=1S/C13H30N2O/c1-11(2)9-14-10-13(5)15(12(3)4)7-8-16-6/h11-14H,7-10H2,1-6H3. The van der Waals surface area contributed by atoms with E-state index in [1.807, 2.05) is 0 Å². The van der Waals surface area contributed by atoms with Crippen molar-refractivity contribution in [3.05, 3.63) is 0 Å². The van der Waals surface area contributed by atoms with Crippen LogP contribution in [0.2, 0.25) is 0 Å². The SMILES string of the molecule is COCCN(C(C)C)C(C)CNCC(C)C. The van der Waals surface area contributed by atoms with Gasteiger partial charge in [-0.2, -0.15) is 0 Å². The van der Waals surface area contributed by atoms with Crippen LogP contribution >= 0.6 is 0 Å². The lowest BCUT2D eigenvalue weighted by molar-refractivity contribution is 0.101. The number of nitrogens with one attached hydrogen (secondary N) is 1. The molecular formula is C13H30N2O. The first-order chi connectivity index (χ1) is 7.49. The Morgan fingerprint density at radius 1 is 1.06 bits per heavy atom. The lowest BCUT2D eigenvalue weighted by Crippen LogP contribution is -2.46. The highest BCUT2D eigenvalue weighted by Crippen LogP contribution is 2.04. The van der Waals surface area contributed by atoms with E-state index in [0.29, 0.717) is 12.1 Å². The molecule has 98 valence electrons. The van der Waals surface area contributed by atoms with Crippen molar-refractivity contribution in [2.45, 2.75) is 46.7 Å². The molecule has 1 atom stereocenters. The summed E-state index contributed by atoms with van der Waals surface area (Å²) in [5, 5.41) is 3.51. The van der Waals surface area contributed by atoms with E-state index in [4.69, 9.17) is 4.74 Å². The fraction of sp³-hybridized carbons (Fsp3) is 1.00. The van der Waals surface area contributed by atoms with E-state index >= 15 is 0 Å². The number of hydrogen-bond donors (Lipinski definition) is 1. The molecule has 0 aliphatic heterocycles. The largest absolute Gasteiger partial charge is 0.383 e. The second kappa shape index (κ2) is 8.97. The molecule has 0 aromatic carbocycles. The summed E-state index contributed by atoms with van der Waals surface area (Å²) in [5.74, 6) is 0.721. The summed E-state index contributed by atoms with van der Waals surface area (Å²) in [4.78, 5) is 2.48. The van der Waals surface area contributed by atoms with Crippen molar-refractivity contribution in [1.29, 1.82) is 0 Å². The number of rotatable bonds is 9. The first-order valence-electron chi connectivity index (χ1n) is 6.44. The van der Waals surface area contributed by atoms with Gasteiger partial charge in [-0.1, -0.05) is 13.8 Å². The van der Waals surface area contributed by atoms with E-state index in [1.54, 1.807) is 7.11 Å². The topological polar surface area (TPSA) is 24.5 Å². The van der Waals surface area contributed by atoms with Gasteiger partial charge in [0, 0.05) is 32.3 Å².